The van der Waals surface area contributed by atoms with E-state index in [1.54, 1.807) is 0 Å². The lowest BCUT2D eigenvalue weighted by Gasteiger charge is -2.22. The van der Waals surface area contributed by atoms with Crippen molar-refractivity contribution in [2.45, 2.75) is 31.7 Å². The summed E-state index contributed by atoms with van der Waals surface area (Å²) in [6.07, 6.45) is 3.28. The molecule has 2 N–H and O–H groups in total. The zero-order valence-corrected chi connectivity index (χ0v) is 9.70. The minimum atomic E-state index is -0.687. The first-order valence-corrected chi connectivity index (χ1v) is 5.71. The molecule has 88 valence electrons. The van der Waals surface area contributed by atoms with Gasteiger partial charge in [-0.25, -0.2) is 0 Å². The first kappa shape index (κ1) is 12.5. The van der Waals surface area contributed by atoms with Crippen molar-refractivity contribution in [1.82, 2.24) is 10.2 Å². The molecule has 15 heavy (non-hydrogen) atoms. The molecule has 0 aromatic carbocycles. The van der Waals surface area contributed by atoms with E-state index in [4.69, 9.17) is 5.11 Å². The molecular weight excluding hydrogens is 192 g/mol. The summed E-state index contributed by atoms with van der Waals surface area (Å²) in [4.78, 5) is 12.8. The third-order valence-electron chi connectivity index (χ3n) is 3.27. The van der Waals surface area contributed by atoms with Gasteiger partial charge in [0, 0.05) is 19.0 Å². The van der Waals surface area contributed by atoms with Crippen molar-refractivity contribution in [2.24, 2.45) is 5.92 Å². The fraction of sp³-hybridized carbons (Fsp3) is 0.909. The predicted molar refractivity (Wildman–Crippen MR) is 59.9 cm³/mol. The molecule has 0 aromatic heterocycles. The molecule has 2 unspecified atom stereocenters. The van der Waals surface area contributed by atoms with Crippen LogP contribution in [0.3, 0.4) is 0 Å². The Hall–Kier alpha value is -0.610. The zero-order chi connectivity index (χ0) is 11.3. The van der Waals surface area contributed by atoms with Crippen LogP contribution in [0.15, 0.2) is 0 Å². The number of carboxylic acid groups (broad SMARTS) is 1. The third kappa shape index (κ3) is 4.18. The number of hydrogen-bond donors (Lipinski definition) is 2. The van der Waals surface area contributed by atoms with E-state index in [0.29, 0.717) is 18.4 Å². The number of carboxylic acids is 1. The summed E-state index contributed by atoms with van der Waals surface area (Å²) in [7, 11) is 4.12. The normalized spacial score (nSPS) is 24.3. The smallest absolute Gasteiger partial charge is 0.303 e. The van der Waals surface area contributed by atoms with Crippen LogP contribution in [0.2, 0.25) is 0 Å². The van der Waals surface area contributed by atoms with Crippen LogP contribution in [-0.2, 0) is 4.79 Å². The quantitative estimate of drug-likeness (QED) is 0.686. The first-order valence-electron chi connectivity index (χ1n) is 5.71. The van der Waals surface area contributed by atoms with E-state index >= 15 is 0 Å². The van der Waals surface area contributed by atoms with Crippen molar-refractivity contribution in [2.75, 3.05) is 27.2 Å². The van der Waals surface area contributed by atoms with Crippen LogP contribution in [0, 0.1) is 5.92 Å². The molecule has 0 radical (unpaired) electrons. The summed E-state index contributed by atoms with van der Waals surface area (Å²) < 4.78 is 0. The van der Waals surface area contributed by atoms with Crippen molar-refractivity contribution >= 4 is 5.97 Å². The van der Waals surface area contributed by atoms with E-state index in [-0.39, 0.29) is 0 Å². The Morgan fingerprint density at radius 2 is 2.40 bits per heavy atom. The highest BCUT2D eigenvalue weighted by molar-refractivity contribution is 5.66. The molecule has 4 nitrogen and oxygen atoms in total. The van der Waals surface area contributed by atoms with Gasteiger partial charge < -0.3 is 15.3 Å². The molecule has 0 aromatic rings. The van der Waals surface area contributed by atoms with Crippen LogP contribution >= 0.6 is 0 Å². The van der Waals surface area contributed by atoms with E-state index in [2.05, 4.69) is 17.3 Å². The molecule has 1 aliphatic heterocycles. The van der Waals surface area contributed by atoms with Crippen molar-refractivity contribution < 1.29 is 9.90 Å². The average Bonchev–Trinajstić information content (AvgIpc) is 2.59. The Kier molecular flexibility index (Phi) is 5.05. The molecule has 0 spiro atoms. The Bertz CT molecular complexity index is 209. The summed E-state index contributed by atoms with van der Waals surface area (Å²) in [5, 5.41) is 11.9. The molecule has 4 heteroatoms. The molecule has 1 saturated heterocycles. The average molecular weight is 214 g/mol. The SMILES string of the molecule is CNC(CCCC(=O)O)C1CCN(C)C1. The highest BCUT2D eigenvalue weighted by Gasteiger charge is 2.26. The number of hydrogen-bond acceptors (Lipinski definition) is 3. The van der Waals surface area contributed by atoms with Crippen LogP contribution in [-0.4, -0.2) is 49.2 Å². The zero-order valence-electron chi connectivity index (χ0n) is 9.70. The van der Waals surface area contributed by atoms with Gasteiger partial charge in [-0.2, -0.15) is 0 Å². The van der Waals surface area contributed by atoms with E-state index < -0.39 is 5.97 Å². The van der Waals surface area contributed by atoms with Crippen LogP contribution in [0.1, 0.15) is 25.7 Å². The molecule has 1 heterocycles. The fourth-order valence-corrected chi connectivity index (χ4v) is 2.39. The van der Waals surface area contributed by atoms with Crippen molar-refractivity contribution in [3.05, 3.63) is 0 Å². The third-order valence-corrected chi connectivity index (χ3v) is 3.27. The number of nitrogens with one attached hydrogen (secondary N) is 1. The highest BCUT2D eigenvalue weighted by atomic mass is 16.4. The molecule has 0 aliphatic carbocycles. The molecule has 0 bridgehead atoms. The maximum Gasteiger partial charge on any atom is 0.303 e. The molecule has 2 atom stereocenters. The summed E-state index contributed by atoms with van der Waals surface area (Å²) in [5.41, 5.74) is 0. The minimum Gasteiger partial charge on any atom is -0.481 e. The van der Waals surface area contributed by atoms with Crippen LogP contribution in [0.25, 0.3) is 0 Å². The lowest BCUT2D eigenvalue weighted by atomic mass is 9.94. The van der Waals surface area contributed by atoms with Gasteiger partial charge in [0.2, 0.25) is 0 Å². The molecule has 0 amide bonds. The van der Waals surface area contributed by atoms with Crippen molar-refractivity contribution in [3.8, 4) is 0 Å². The number of aliphatic carboxylic acids is 1. The van der Waals surface area contributed by atoms with Gasteiger partial charge in [0.15, 0.2) is 0 Å². The highest BCUT2D eigenvalue weighted by Crippen LogP contribution is 2.21. The van der Waals surface area contributed by atoms with Crippen molar-refractivity contribution in [3.63, 3.8) is 0 Å². The fourth-order valence-electron chi connectivity index (χ4n) is 2.39. The van der Waals surface area contributed by atoms with Gasteiger partial charge in [-0.05, 0) is 45.8 Å². The van der Waals surface area contributed by atoms with Gasteiger partial charge >= 0.3 is 5.97 Å². The van der Waals surface area contributed by atoms with E-state index in [9.17, 15) is 4.79 Å². The van der Waals surface area contributed by atoms with Crippen LogP contribution in [0.4, 0.5) is 0 Å². The van der Waals surface area contributed by atoms with Gasteiger partial charge in [0.25, 0.3) is 0 Å². The summed E-state index contributed by atoms with van der Waals surface area (Å²) in [6.45, 7) is 2.31. The standard InChI is InChI=1S/C11H22N2O2/c1-12-10(4-3-5-11(14)15)9-6-7-13(2)8-9/h9-10,12H,3-8H2,1-2H3,(H,14,15). The second kappa shape index (κ2) is 6.08. The molecule has 1 fully saturated rings. The lowest BCUT2D eigenvalue weighted by Crippen LogP contribution is -2.35. The Morgan fingerprint density at radius 3 is 2.87 bits per heavy atom. The molecular formula is C11H22N2O2. The second-order valence-corrected chi connectivity index (χ2v) is 4.49. The van der Waals surface area contributed by atoms with Gasteiger partial charge in [-0.1, -0.05) is 0 Å². The van der Waals surface area contributed by atoms with Gasteiger partial charge in [0.1, 0.15) is 0 Å². The number of carbonyl (C=O) groups is 1. The van der Waals surface area contributed by atoms with E-state index in [1.165, 1.54) is 13.0 Å². The molecule has 0 saturated carbocycles. The predicted octanol–water partition coefficient (Wildman–Crippen LogP) is 0.781. The van der Waals surface area contributed by atoms with E-state index in [0.717, 1.165) is 19.4 Å². The number of rotatable bonds is 6. The summed E-state index contributed by atoms with van der Waals surface area (Å²) in [6, 6.07) is 0.481. The van der Waals surface area contributed by atoms with Crippen LogP contribution < -0.4 is 5.32 Å². The number of nitrogens with zero attached hydrogens (tertiary/aromatic N) is 1. The molecule has 1 rings (SSSR count). The Labute approximate surface area is 91.6 Å². The van der Waals surface area contributed by atoms with Crippen molar-refractivity contribution in [1.29, 1.82) is 0 Å². The Morgan fingerprint density at radius 1 is 1.67 bits per heavy atom. The molecule has 1 aliphatic rings. The Balaban J connectivity index is 2.26. The maximum atomic E-state index is 10.4. The lowest BCUT2D eigenvalue weighted by molar-refractivity contribution is -0.137. The summed E-state index contributed by atoms with van der Waals surface area (Å²) >= 11 is 0. The second-order valence-electron chi connectivity index (χ2n) is 4.49. The van der Waals surface area contributed by atoms with Gasteiger partial charge in [0.05, 0.1) is 0 Å². The number of likely N-dealkylation sites (tertiary alicyclic amines) is 1. The topological polar surface area (TPSA) is 52.6 Å². The monoisotopic (exact) mass is 214 g/mol. The summed E-state index contributed by atoms with van der Waals surface area (Å²) in [5.74, 6) is 0.00203. The minimum absolute atomic E-state index is 0.292. The largest absolute Gasteiger partial charge is 0.481 e. The van der Waals surface area contributed by atoms with Gasteiger partial charge in [-0.3, -0.25) is 4.79 Å². The maximum absolute atomic E-state index is 10.4. The van der Waals surface area contributed by atoms with Gasteiger partial charge in [-0.15, -0.1) is 0 Å². The van der Waals surface area contributed by atoms with Crippen LogP contribution in [0.5, 0.6) is 0 Å². The first-order chi connectivity index (χ1) is 7.13. The van der Waals surface area contributed by atoms with E-state index in [1.807, 2.05) is 7.05 Å².